The Hall–Kier alpha value is -0.770. The molecule has 0 aliphatic carbocycles. The molecule has 1 nitrogen and oxygen atoms in total. The smallest absolute Gasteiger partial charge is 0.0415 e. The number of thioether (sulfide) groups is 1. The van der Waals surface area contributed by atoms with Gasteiger partial charge in [-0.1, -0.05) is 24.3 Å². The van der Waals surface area contributed by atoms with E-state index in [2.05, 4.69) is 78.4 Å². The quantitative estimate of drug-likeness (QED) is 0.711. The maximum absolute atomic E-state index is 3.62. The van der Waals surface area contributed by atoms with Crippen molar-refractivity contribution < 1.29 is 0 Å². The third-order valence-corrected chi connectivity index (χ3v) is 5.97. The van der Waals surface area contributed by atoms with Crippen LogP contribution in [-0.2, 0) is 0 Å². The van der Waals surface area contributed by atoms with Gasteiger partial charge in [-0.05, 0) is 78.1 Å². The second-order valence-electron chi connectivity index (χ2n) is 5.38. The van der Waals surface area contributed by atoms with Gasteiger partial charge in [-0.3, -0.25) is 0 Å². The molecule has 0 radical (unpaired) electrons. The lowest BCUT2D eigenvalue weighted by atomic mass is 9.96. The number of hydrogen-bond acceptors (Lipinski definition) is 2. The normalized spacial score (nSPS) is 12.4. The summed E-state index contributed by atoms with van der Waals surface area (Å²) in [5.74, 6) is 1.02. The Bertz CT molecular complexity index is 625. The molecule has 3 heteroatoms. The van der Waals surface area contributed by atoms with E-state index in [9.17, 15) is 0 Å². The van der Waals surface area contributed by atoms with Crippen molar-refractivity contribution in [3.63, 3.8) is 0 Å². The molecule has 0 amide bonds. The minimum atomic E-state index is 0.362. The highest BCUT2D eigenvalue weighted by Crippen LogP contribution is 2.31. The second kappa shape index (κ2) is 7.48. The highest BCUT2D eigenvalue weighted by Gasteiger charge is 2.14. The summed E-state index contributed by atoms with van der Waals surface area (Å²) in [4.78, 5) is 1.29. The Balaban J connectivity index is 2.17. The summed E-state index contributed by atoms with van der Waals surface area (Å²) < 4.78 is 1.17. The van der Waals surface area contributed by atoms with Crippen LogP contribution in [0.25, 0.3) is 0 Å². The Labute approximate surface area is 140 Å². The first kappa shape index (κ1) is 16.6. The van der Waals surface area contributed by atoms with E-state index in [-0.39, 0.29) is 0 Å². The molecule has 2 aromatic rings. The SMILES string of the molecule is CNC(CSc1ccccc1Br)c1cc(C)c(C)cc1C. The van der Waals surface area contributed by atoms with Crippen LogP contribution in [0.15, 0.2) is 45.8 Å². The van der Waals surface area contributed by atoms with Crippen LogP contribution in [0.4, 0.5) is 0 Å². The molecular weight excluding hydrogens is 342 g/mol. The molecule has 0 aromatic heterocycles. The van der Waals surface area contributed by atoms with Crippen LogP contribution in [0.2, 0.25) is 0 Å². The summed E-state index contributed by atoms with van der Waals surface area (Å²) in [7, 11) is 2.04. The minimum absolute atomic E-state index is 0.362. The zero-order valence-corrected chi connectivity index (χ0v) is 15.4. The van der Waals surface area contributed by atoms with Crippen molar-refractivity contribution in [2.45, 2.75) is 31.7 Å². The topological polar surface area (TPSA) is 12.0 Å². The molecule has 0 bridgehead atoms. The van der Waals surface area contributed by atoms with E-state index in [4.69, 9.17) is 0 Å². The van der Waals surface area contributed by atoms with Gasteiger partial charge in [0.1, 0.15) is 0 Å². The van der Waals surface area contributed by atoms with Crippen LogP contribution in [0.5, 0.6) is 0 Å². The van der Waals surface area contributed by atoms with Crippen molar-refractivity contribution in [3.05, 3.63) is 63.1 Å². The highest BCUT2D eigenvalue weighted by molar-refractivity contribution is 9.10. The molecule has 0 spiro atoms. The molecule has 1 N–H and O–H groups in total. The number of aryl methyl sites for hydroxylation is 3. The predicted molar refractivity (Wildman–Crippen MR) is 97.3 cm³/mol. The predicted octanol–water partition coefficient (Wildman–Crippen LogP) is 5.43. The molecule has 0 heterocycles. The van der Waals surface area contributed by atoms with E-state index in [1.54, 1.807) is 0 Å². The lowest BCUT2D eigenvalue weighted by molar-refractivity contribution is 0.657. The maximum atomic E-state index is 3.62. The molecular formula is C18H22BrNS. The second-order valence-corrected chi connectivity index (χ2v) is 7.29. The first-order valence-electron chi connectivity index (χ1n) is 7.15. The van der Waals surface area contributed by atoms with Gasteiger partial charge in [0.2, 0.25) is 0 Å². The van der Waals surface area contributed by atoms with Gasteiger partial charge in [-0.15, -0.1) is 11.8 Å². The van der Waals surface area contributed by atoms with E-state index in [0.29, 0.717) is 6.04 Å². The molecule has 1 unspecified atom stereocenters. The van der Waals surface area contributed by atoms with Crippen molar-refractivity contribution in [2.75, 3.05) is 12.8 Å². The van der Waals surface area contributed by atoms with Crippen molar-refractivity contribution >= 4 is 27.7 Å². The van der Waals surface area contributed by atoms with Crippen molar-refractivity contribution in [2.24, 2.45) is 0 Å². The fourth-order valence-electron chi connectivity index (χ4n) is 2.42. The molecule has 2 aromatic carbocycles. The average molecular weight is 364 g/mol. The van der Waals surface area contributed by atoms with E-state index in [1.165, 1.54) is 31.6 Å². The van der Waals surface area contributed by atoms with Gasteiger partial charge in [-0.2, -0.15) is 0 Å². The van der Waals surface area contributed by atoms with E-state index in [1.807, 2.05) is 18.8 Å². The molecule has 112 valence electrons. The lowest BCUT2D eigenvalue weighted by Crippen LogP contribution is -2.20. The third-order valence-electron chi connectivity index (χ3n) is 3.85. The van der Waals surface area contributed by atoms with Gasteiger partial charge in [0.15, 0.2) is 0 Å². The van der Waals surface area contributed by atoms with Crippen molar-refractivity contribution in [3.8, 4) is 0 Å². The molecule has 0 aliphatic heterocycles. The zero-order chi connectivity index (χ0) is 15.4. The Kier molecular flexibility index (Phi) is 5.91. The lowest BCUT2D eigenvalue weighted by Gasteiger charge is -2.20. The van der Waals surface area contributed by atoms with Crippen molar-refractivity contribution in [1.29, 1.82) is 0 Å². The fraction of sp³-hybridized carbons (Fsp3) is 0.333. The first-order valence-corrected chi connectivity index (χ1v) is 8.93. The summed E-state index contributed by atoms with van der Waals surface area (Å²) >= 11 is 5.50. The molecule has 0 saturated heterocycles. The van der Waals surface area contributed by atoms with E-state index in [0.717, 1.165) is 5.75 Å². The van der Waals surface area contributed by atoms with Gasteiger partial charge in [-0.25, -0.2) is 0 Å². The van der Waals surface area contributed by atoms with Crippen LogP contribution in [0.1, 0.15) is 28.3 Å². The van der Waals surface area contributed by atoms with Crippen LogP contribution in [-0.4, -0.2) is 12.8 Å². The monoisotopic (exact) mass is 363 g/mol. The van der Waals surface area contributed by atoms with Crippen LogP contribution >= 0.6 is 27.7 Å². The summed E-state index contributed by atoms with van der Waals surface area (Å²) in [5.41, 5.74) is 5.50. The molecule has 1 atom stereocenters. The number of benzene rings is 2. The summed E-state index contributed by atoms with van der Waals surface area (Å²) in [6, 6.07) is 13.4. The fourth-order valence-corrected chi connectivity index (χ4v) is 4.12. The van der Waals surface area contributed by atoms with Crippen LogP contribution in [0.3, 0.4) is 0 Å². The molecule has 0 aliphatic rings. The molecule has 21 heavy (non-hydrogen) atoms. The maximum Gasteiger partial charge on any atom is 0.0415 e. The average Bonchev–Trinajstić information content (AvgIpc) is 2.46. The molecule has 0 fully saturated rings. The van der Waals surface area contributed by atoms with Gasteiger partial charge in [0, 0.05) is 21.2 Å². The Morgan fingerprint density at radius 3 is 2.38 bits per heavy atom. The molecule has 2 rings (SSSR count). The van der Waals surface area contributed by atoms with Gasteiger partial charge < -0.3 is 5.32 Å². The van der Waals surface area contributed by atoms with Gasteiger partial charge >= 0.3 is 0 Å². The van der Waals surface area contributed by atoms with Gasteiger partial charge in [0.05, 0.1) is 0 Å². The number of nitrogens with one attached hydrogen (secondary N) is 1. The number of halogens is 1. The summed E-state index contributed by atoms with van der Waals surface area (Å²) in [6.07, 6.45) is 0. The zero-order valence-electron chi connectivity index (χ0n) is 13.0. The first-order chi connectivity index (χ1) is 10.0. The number of hydrogen-bond donors (Lipinski definition) is 1. The number of rotatable bonds is 5. The molecule has 0 saturated carbocycles. The van der Waals surface area contributed by atoms with Gasteiger partial charge in [0.25, 0.3) is 0 Å². The van der Waals surface area contributed by atoms with Crippen LogP contribution in [0, 0.1) is 20.8 Å². The Morgan fingerprint density at radius 2 is 1.71 bits per heavy atom. The minimum Gasteiger partial charge on any atom is -0.312 e. The summed E-state index contributed by atoms with van der Waals surface area (Å²) in [5, 5.41) is 3.46. The summed E-state index contributed by atoms with van der Waals surface area (Å²) in [6.45, 7) is 6.57. The van der Waals surface area contributed by atoms with E-state index >= 15 is 0 Å². The van der Waals surface area contributed by atoms with Crippen molar-refractivity contribution in [1.82, 2.24) is 5.32 Å². The van der Waals surface area contributed by atoms with Crippen LogP contribution < -0.4 is 5.32 Å². The van der Waals surface area contributed by atoms with E-state index < -0.39 is 0 Å². The Morgan fingerprint density at radius 1 is 1.05 bits per heavy atom. The standard InChI is InChI=1S/C18H22BrNS/c1-12-9-14(3)15(10-13(12)2)17(20-4)11-21-18-8-6-5-7-16(18)19/h5-10,17,20H,11H2,1-4H3. The largest absolute Gasteiger partial charge is 0.312 e. The third kappa shape index (κ3) is 4.12. The highest BCUT2D eigenvalue weighted by atomic mass is 79.9.